The van der Waals surface area contributed by atoms with E-state index in [4.69, 9.17) is 4.74 Å². The summed E-state index contributed by atoms with van der Waals surface area (Å²) in [7, 11) is 0. The average molecular weight is 501 g/mol. The number of para-hydroxylation sites is 1. The molecule has 4 aromatic rings. The highest BCUT2D eigenvalue weighted by Crippen LogP contribution is 2.36. The molecule has 0 aliphatic carbocycles. The number of carbonyl (C=O) groups excluding carboxylic acids is 1. The first-order valence-electron chi connectivity index (χ1n) is 9.95. The summed E-state index contributed by atoms with van der Waals surface area (Å²) in [5, 5.41) is 10.9. The number of hydrogen-bond acceptors (Lipinski definition) is 6. The number of nitrogens with one attached hydrogen (secondary N) is 1. The Morgan fingerprint density at radius 1 is 1.09 bits per heavy atom. The molecule has 1 aliphatic rings. The van der Waals surface area contributed by atoms with Crippen molar-refractivity contribution in [2.75, 3.05) is 11.9 Å². The van der Waals surface area contributed by atoms with Crippen molar-refractivity contribution in [1.29, 1.82) is 0 Å². The molecule has 0 fully saturated rings. The maximum absolute atomic E-state index is 13.5. The molecule has 6 nitrogen and oxygen atoms in total. The maximum Gasteiger partial charge on any atom is 0.418 e. The van der Waals surface area contributed by atoms with Crippen LogP contribution in [0.15, 0.2) is 75.5 Å². The summed E-state index contributed by atoms with van der Waals surface area (Å²) in [5.41, 5.74) is 0.773. The Bertz CT molecular complexity index is 1450. The fraction of sp³-hybridized carbons (Fsp3) is 0.0870. The number of thiophene rings is 1. The minimum atomic E-state index is -4.54. The van der Waals surface area contributed by atoms with E-state index in [2.05, 4.69) is 15.4 Å². The van der Waals surface area contributed by atoms with Gasteiger partial charge in [0, 0.05) is 15.8 Å². The number of benzene rings is 2. The van der Waals surface area contributed by atoms with Crippen LogP contribution in [0.25, 0.3) is 11.3 Å². The summed E-state index contributed by atoms with van der Waals surface area (Å²) in [5.74, 6) is 0.272. The number of carbonyl (C=O) groups is 1. The lowest BCUT2D eigenvalue weighted by molar-refractivity contribution is -0.137. The quantitative estimate of drug-likeness (QED) is 0.363. The van der Waals surface area contributed by atoms with Crippen LogP contribution in [-0.2, 0) is 11.0 Å². The van der Waals surface area contributed by atoms with Crippen molar-refractivity contribution in [3.05, 3.63) is 80.6 Å². The number of halogens is 3. The van der Waals surface area contributed by atoms with Crippen molar-refractivity contribution < 1.29 is 22.7 Å². The van der Waals surface area contributed by atoms with Crippen molar-refractivity contribution in [3.8, 4) is 17.0 Å². The van der Waals surface area contributed by atoms with E-state index in [1.54, 1.807) is 29.8 Å². The van der Waals surface area contributed by atoms with E-state index >= 15 is 0 Å². The molecule has 2 aromatic carbocycles. The molecule has 3 heterocycles. The first kappa shape index (κ1) is 22.1. The average Bonchev–Trinajstić information content (AvgIpc) is 3.47. The zero-order chi connectivity index (χ0) is 23.7. The summed E-state index contributed by atoms with van der Waals surface area (Å²) in [4.78, 5) is 17.2. The largest absolute Gasteiger partial charge is 0.482 e. The lowest BCUT2D eigenvalue weighted by Crippen LogP contribution is -2.25. The van der Waals surface area contributed by atoms with Crippen molar-refractivity contribution in [2.24, 2.45) is 10.1 Å². The van der Waals surface area contributed by atoms with Gasteiger partial charge in [-0.2, -0.15) is 18.3 Å². The first-order valence-corrected chi connectivity index (χ1v) is 11.7. The first-order chi connectivity index (χ1) is 16.4. The predicted molar refractivity (Wildman–Crippen MR) is 126 cm³/mol. The van der Waals surface area contributed by atoms with Gasteiger partial charge in [0.25, 0.3) is 5.91 Å². The molecule has 34 heavy (non-hydrogen) atoms. The van der Waals surface area contributed by atoms with Gasteiger partial charge >= 0.3 is 6.18 Å². The van der Waals surface area contributed by atoms with Gasteiger partial charge in [-0.3, -0.25) is 4.79 Å². The Labute approximate surface area is 199 Å². The van der Waals surface area contributed by atoms with Gasteiger partial charge in [-0.25, -0.2) is 9.67 Å². The molecule has 1 amide bonds. The van der Waals surface area contributed by atoms with Gasteiger partial charge in [0.15, 0.2) is 6.61 Å². The van der Waals surface area contributed by atoms with Crippen LogP contribution >= 0.6 is 22.7 Å². The summed E-state index contributed by atoms with van der Waals surface area (Å²) in [6, 6.07) is 14.2. The highest BCUT2D eigenvalue weighted by Gasteiger charge is 2.33. The molecular weight excluding hydrogens is 485 g/mol. The van der Waals surface area contributed by atoms with Crippen LogP contribution in [0.3, 0.4) is 0 Å². The molecule has 0 saturated carbocycles. The molecule has 0 unspecified atom stereocenters. The van der Waals surface area contributed by atoms with Gasteiger partial charge < -0.3 is 10.1 Å². The number of thiazole rings is 1. The topological polar surface area (TPSA) is 68.0 Å². The molecule has 0 saturated heterocycles. The summed E-state index contributed by atoms with van der Waals surface area (Å²) in [6.07, 6.45) is -2.92. The van der Waals surface area contributed by atoms with Gasteiger partial charge in [0.2, 0.25) is 4.80 Å². The SMILES string of the molecule is O=C1COc2ccc(-c3csc(=Nc4ccccc4C(F)(F)F)n3/N=C/c3cccs3)cc2N1. The molecular formula is C23H15F3N4O2S2. The van der Waals surface area contributed by atoms with Crippen molar-refractivity contribution in [2.45, 2.75) is 6.18 Å². The molecule has 1 N–H and O–H groups in total. The van der Waals surface area contributed by atoms with Gasteiger partial charge in [-0.15, -0.1) is 22.7 Å². The molecule has 1 aliphatic heterocycles. The van der Waals surface area contributed by atoms with Gasteiger partial charge in [0.1, 0.15) is 5.75 Å². The third kappa shape index (κ3) is 4.52. The van der Waals surface area contributed by atoms with Crippen LogP contribution in [-0.4, -0.2) is 23.4 Å². The van der Waals surface area contributed by atoms with E-state index in [9.17, 15) is 18.0 Å². The van der Waals surface area contributed by atoms with E-state index in [0.29, 0.717) is 22.7 Å². The summed E-state index contributed by atoms with van der Waals surface area (Å²) in [6.45, 7) is -0.0580. The molecule has 11 heteroatoms. The van der Waals surface area contributed by atoms with Crippen LogP contribution < -0.4 is 14.9 Å². The molecule has 0 atom stereocenters. The van der Waals surface area contributed by atoms with Crippen LogP contribution in [0.2, 0.25) is 0 Å². The number of fused-ring (bicyclic) bond motifs is 1. The monoisotopic (exact) mass is 500 g/mol. The van der Waals surface area contributed by atoms with E-state index in [1.807, 2.05) is 17.5 Å². The third-order valence-corrected chi connectivity index (χ3v) is 6.49. The normalized spacial score (nSPS) is 14.2. The number of nitrogens with zero attached hydrogens (tertiary/aromatic N) is 3. The molecule has 5 rings (SSSR count). The number of hydrogen-bond donors (Lipinski definition) is 1. The van der Waals surface area contributed by atoms with E-state index in [0.717, 1.165) is 22.3 Å². The van der Waals surface area contributed by atoms with Crippen molar-refractivity contribution in [3.63, 3.8) is 0 Å². The number of rotatable bonds is 4. The Hall–Kier alpha value is -3.70. The second-order valence-corrected chi connectivity index (χ2v) is 8.97. The summed E-state index contributed by atoms with van der Waals surface area (Å²) < 4.78 is 47.4. The van der Waals surface area contributed by atoms with Gasteiger partial charge in [-0.05, 0) is 41.8 Å². The lowest BCUT2D eigenvalue weighted by atomic mass is 10.1. The minimum Gasteiger partial charge on any atom is -0.482 e. The lowest BCUT2D eigenvalue weighted by Gasteiger charge is -2.18. The van der Waals surface area contributed by atoms with Crippen LogP contribution in [0, 0.1) is 0 Å². The highest BCUT2D eigenvalue weighted by atomic mass is 32.1. The van der Waals surface area contributed by atoms with Crippen LogP contribution in [0.1, 0.15) is 10.4 Å². The molecule has 0 spiro atoms. The Balaban J connectivity index is 1.66. The minimum absolute atomic E-state index is 0.0580. The number of alkyl halides is 3. The zero-order valence-corrected chi connectivity index (χ0v) is 18.9. The molecule has 2 aromatic heterocycles. The van der Waals surface area contributed by atoms with Crippen LogP contribution in [0.5, 0.6) is 5.75 Å². The Morgan fingerprint density at radius 3 is 2.74 bits per heavy atom. The fourth-order valence-electron chi connectivity index (χ4n) is 3.32. The highest BCUT2D eigenvalue weighted by molar-refractivity contribution is 7.11. The van der Waals surface area contributed by atoms with Crippen LogP contribution in [0.4, 0.5) is 24.5 Å². The third-order valence-electron chi connectivity index (χ3n) is 4.86. The zero-order valence-electron chi connectivity index (χ0n) is 17.2. The maximum atomic E-state index is 13.5. The Morgan fingerprint density at radius 2 is 1.94 bits per heavy atom. The fourth-order valence-corrected chi connectivity index (χ4v) is 4.75. The number of anilines is 1. The molecule has 172 valence electrons. The second kappa shape index (κ2) is 8.92. The van der Waals surface area contributed by atoms with Gasteiger partial charge in [0.05, 0.1) is 28.8 Å². The van der Waals surface area contributed by atoms with Crippen molar-refractivity contribution >= 4 is 46.2 Å². The molecule has 0 radical (unpaired) electrons. The molecule has 0 bridgehead atoms. The van der Waals surface area contributed by atoms with E-state index in [-0.39, 0.29) is 23.0 Å². The number of ether oxygens (including phenoxy) is 1. The predicted octanol–water partition coefficient (Wildman–Crippen LogP) is 5.74. The number of aromatic nitrogens is 1. The van der Waals surface area contributed by atoms with Gasteiger partial charge in [-0.1, -0.05) is 18.2 Å². The van der Waals surface area contributed by atoms with E-state index < -0.39 is 11.7 Å². The van der Waals surface area contributed by atoms with E-state index in [1.165, 1.54) is 34.2 Å². The Kier molecular flexibility index (Phi) is 5.80. The number of amides is 1. The smallest absolute Gasteiger partial charge is 0.418 e. The second-order valence-electron chi connectivity index (χ2n) is 7.15. The van der Waals surface area contributed by atoms with Crippen molar-refractivity contribution in [1.82, 2.24) is 4.68 Å². The summed E-state index contributed by atoms with van der Waals surface area (Å²) >= 11 is 2.64. The standard InChI is InChI=1S/C23H15F3N4O2S2/c24-23(25,26)16-5-1-2-6-17(16)29-22-30(27-11-15-4-3-9-33-15)19(13-34-22)14-7-8-20-18(10-14)28-21(31)12-32-20/h1-11,13H,12H2,(H,28,31)/b27-11+,29-22?.